The maximum Gasteiger partial charge on any atom is 0.227 e. The van der Waals surface area contributed by atoms with Crippen LogP contribution in [-0.2, 0) is 11.3 Å². The van der Waals surface area contributed by atoms with E-state index in [9.17, 15) is 4.79 Å². The highest BCUT2D eigenvalue weighted by atomic mass is 32.1. The fraction of sp³-hybridized carbons (Fsp3) is 0.444. The predicted octanol–water partition coefficient (Wildman–Crippen LogP) is 3.19. The van der Waals surface area contributed by atoms with Gasteiger partial charge in [0.15, 0.2) is 5.13 Å². The third kappa shape index (κ3) is 3.76. The van der Waals surface area contributed by atoms with Crippen LogP contribution in [0.3, 0.4) is 0 Å². The van der Waals surface area contributed by atoms with Crippen LogP contribution < -0.4 is 15.1 Å². The number of hydrogen-bond acceptors (Lipinski definition) is 5. The molecule has 2 heterocycles. The average Bonchev–Trinajstić information content (AvgIpc) is 3.22. The van der Waals surface area contributed by atoms with Gasteiger partial charge in [0.05, 0.1) is 5.69 Å². The molecule has 1 N–H and O–H groups in total. The van der Waals surface area contributed by atoms with Gasteiger partial charge in [0.2, 0.25) is 5.91 Å². The Morgan fingerprint density at radius 2 is 2.08 bits per heavy atom. The smallest absolute Gasteiger partial charge is 0.227 e. The summed E-state index contributed by atoms with van der Waals surface area (Å²) in [5, 5.41) is 6.63. The van der Waals surface area contributed by atoms with E-state index in [1.165, 1.54) is 5.56 Å². The molecule has 0 saturated carbocycles. The number of benzene rings is 1. The molecule has 128 valence electrons. The van der Waals surface area contributed by atoms with Gasteiger partial charge in [0.1, 0.15) is 0 Å². The van der Waals surface area contributed by atoms with Crippen molar-refractivity contribution in [2.45, 2.75) is 32.4 Å². The monoisotopic (exact) mass is 344 g/mol. The molecule has 1 saturated heterocycles. The summed E-state index contributed by atoms with van der Waals surface area (Å²) in [4.78, 5) is 20.3. The maximum atomic E-state index is 11.8. The van der Waals surface area contributed by atoms with E-state index in [0.717, 1.165) is 36.0 Å². The number of amides is 1. The van der Waals surface area contributed by atoms with Crippen molar-refractivity contribution in [3.05, 3.63) is 40.9 Å². The largest absolute Gasteiger partial charge is 0.354 e. The minimum absolute atomic E-state index is 0.231. The number of nitrogens with zero attached hydrogens (tertiary/aromatic N) is 3. The molecule has 3 rings (SSSR count). The van der Waals surface area contributed by atoms with Gasteiger partial charge in [-0.3, -0.25) is 4.79 Å². The summed E-state index contributed by atoms with van der Waals surface area (Å²) in [7, 11) is 4.01. The lowest BCUT2D eigenvalue weighted by molar-refractivity contribution is -0.117. The Morgan fingerprint density at radius 1 is 1.33 bits per heavy atom. The first-order valence-corrected chi connectivity index (χ1v) is 9.18. The van der Waals surface area contributed by atoms with Gasteiger partial charge in [-0.15, -0.1) is 11.3 Å². The van der Waals surface area contributed by atoms with Crippen molar-refractivity contribution >= 4 is 28.1 Å². The van der Waals surface area contributed by atoms with E-state index in [2.05, 4.69) is 34.7 Å². The SMILES string of the molecule is CC(NCc1csc(N(C)C)n1)c1ccc(N2CCCC2=O)cc1. The molecular weight excluding hydrogens is 320 g/mol. The number of nitrogens with one attached hydrogen (secondary N) is 1. The highest BCUT2D eigenvalue weighted by molar-refractivity contribution is 7.13. The molecule has 5 nitrogen and oxygen atoms in total. The minimum atomic E-state index is 0.231. The van der Waals surface area contributed by atoms with Crippen molar-refractivity contribution in [2.75, 3.05) is 30.4 Å². The number of carbonyl (C=O) groups is 1. The summed E-state index contributed by atoms with van der Waals surface area (Å²) in [6.45, 7) is 3.73. The predicted molar refractivity (Wildman–Crippen MR) is 99.7 cm³/mol. The summed E-state index contributed by atoms with van der Waals surface area (Å²) in [6.07, 6.45) is 1.63. The van der Waals surface area contributed by atoms with Gasteiger partial charge in [0, 0.05) is 50.7 Å². The summed E-state index contributed by atoms with van der Waals surface area (Å²) in [5.41, 5.74) is 3.28. The molecule has 1 fully saturated rings. The second-order valence-corrected chi connectivity index (χ2v) is 7.20. The molecule has 1 aromatic heterocycles. The van der Waals surface area contributed by atoms with Crippen LogP contribution >= 0.6 is 11.3 Å². The Bertz CT molecular complexity index is 695. The van der Waals surface area contributed by atoms with Crippen molar-refractivity contribution < 1.29 is 4.79 Å². The molecule has 6 heteroatoms. The molecule has 0 spiro atoms. The van der Waals surface area contributed by atoms with Crippen LogP contribution in [0.2, 0.25) is 0 Å². The van der Waals surface area contributed by atoms with Gasteiger partial charge in [-0.2, -0.15) is 0 Å². The highest BCUT2D eigenvalue weighted by Crippen LogP contribution is 2.24. The van der Waals surface area contributed by atoms with E-state index in [-0.39, 0.29) is 11.9 Å². The second-order valence-electron chi connectivity index (χ2n) is 6.36. The summed E-state index contributed by atoms with van der Waals surface area (Å²) in [5.74, 6) is 0.231. The number of carbonyl (C=O) groups excluding carboxylic acids is 1. The van der Waals surface area contributed by atoms with Crippen LogP contribution in [0.1, 0.15) is 37.1 Å². The highest BCUT2D eigenvalue weighted by Gasteiger charge is 2.21. The molecule has 1 aliphatic heterocycles. The van der Waals surface area contributed by atoms with Gasteiger partial charge in [-0.05, 0) is 31.0 Å². The topological polar surface area (TPSA) is 48.5 Å². The van der Waals surface area contributed by atoms with Crippen LogP contribution in [0.4, 0.5) is 10.8 Å². The molecule has 1 aromatic carbocycles. The lowest BCUT2D eigenvalue weighted by Gasteiger charge is -2.18. The van der Waals surface area contributed by atoms with Gasteiger partial charge < -0.3 is 15.1 Å². The molecular formula is C18H24N4OS. The quantitative estimate of drug-likeness (QED) is 0.874. The molecule has 24 heavy (non-hydrogen) atoms. The number of aromatic nitrogens is 1. The fourth-order valence-corrected chi connectivity index (χ4v) is 3.58. The van der Waals surface area contributed by atoms with E-state index >= 15 is 0 Å². The molecule has 0 radical (unpaired) electrons. The van der Waals surface area contributed by atoms with Crippen molar-refractivity contribution in [1.82, 2.24) is 10.3 Å². The van der Waals surface area contributed by atoms with Crippen LogP contribution in [0, 0.1) is 0 Å². The van der Waals surface area contributed by atoms with Crippen molar-refractivity contribution in [1.29, 1.82) is 0 Å². The van der Waals surface area contributed by atoms with Gasteiger partial charge in [-0.25, -0.2) is 4.98 Å². The molecule has 0 bridgehead atoms. The van der Waals surface area contributed by atoms with Crippen molar-refractivity contribution in [3.8, 4) is 0 Å². The Balaban J connectivity index is 1.58. The van der Waals surface area contributed by atoms with Crippen molar-refractivity contribution in [3.63, 3.8) is 0 Å². The Hall–Kier alpha value is -1.92. The van der Waals surface area contributed by atoms with Crippen molar-refractivity contribution in [2.24, 2.45) is 0 Å². The van der Waals surface area contributed by atoms with Crippen LogP contribution in [0.15, 0.2) is 29.6 Å². The zero-order valence-electron chi connectivity index (χ0n) is 14.5. The molecule has 1 amide bonds. The van der Waals surface area contributed by atoms with Gasteiger partial charge in [-0.1, -0.05) is 12.1 Å². The fourth-order valence-electron chi connectivity index (χ4n) is 2.82. The first-order chi connectivity index (χ1) is 11.5. The van der Waals surface area contributed by atoms with E-state index in [0.29, 0.717) is 6.42 Å². The molecule has 0 aliphatic carbocycles. The minimum Gasteiger partial charge on any atom is -0.354 e. The van der Waals surface area contributed by atoms with E-state index in [1.54, 1.807) is 11.3 Å². The average molecular weight is 344 g/mol. The second kappa shape index (κ2) is 7.32. The first-order valence-electron chi connectivity index (χ1n) is 8.30. The zero-order chi connectivity index (χ0) is 17.1. The van der Waals surface area contributed by atoms with Crippen LogP contribution in [-0.4, -0.2) is 31.5 Å². The molecule has 1 aliphatic rings. The summed E-state index contributed by atoms with van der Waals surface area (Å²) >= 11 is 1.66. The van der Waals surface area contributed by atoms with Gasteiger partial charge in [0.25, 0.3) is 0 Å². The lowest BCUT2D eigenvalue weighted by atomic mass is 10.1. The Labute approximate surface area is 147 Å². The van der Waals surface area contributed by atoms with E-state index < -0.39 is 0 Å². The van der Waals surface area contributed by atoms with Crippen LogP contribution in [0.5, 0.6) is 0 Å². The number of hydrogen-bond donors (Lipinski definition) is 1. The van der Waals surface area contributed by atoms with E-state index in [1.807, 2.05) is 36.0 Å². The number of rotatable bonds is 6. The van der Waals surface area contributed by atoms with Gasteiger partial charge >= 0.3 is 0 Å². The third-order valence-corrected chi connectivity index (χ3v) is 5.35. The number of thiazole rings is 1. The lowest BCUT2D eigenvalue weighted by Crippen LogP contribution is -2.23. The Morgan fingerprint density at radius 3 is 2.67 bits per heavy atom. The molecule has 2 aromatic rings. The summed E-state index contributed by atoms with van der Waals surface area (Å²) in [6, 6.07) is 8.53. The maximum absolute atomic E-state index is 11.8. The standard InChI is InChI=1S/C18H24N4OS/c1-13(19-11-15-12-24-18(20-15)21(2)3)14-6-8-16(9-7-14)22-10-4-5-17(22)23/h6-9,12-13,19H,4-5,10-11H2,1-3H3. The van der Waals surface area contributed by atoms with E-state index in [4.69, 9.17) is 0 Å². The molecule has 1 unspecified atom stereocenters. The number of anilines is 2. The van der Waals surface area contributed by atoms with Crippen LogP contribution in [0.25, 0.3) is 0 Å². The summed E-state index contributed by atoms with van der Waals surface area (Å²) < 4.78 is 0. The normalized spacial score (nSPS) is 15.8. The third-order valence-electron chi connectivity index (χ3n) is 4.29. The zero-order valence-corrected chi connectivity index (χ0v) is 15.3. The molecule has 1 atom stereocenters. The Kier molecular flexibility index (Phi) is 5.16. The first kappa shape index (κ1) is 16.9.